The molecule has 0 saturated heterocycles. The van der Waals surface area contributed by atoms with Crippen molar-refractivity contribution >= 4 is 0 Å². The van der Waals surface area contributed by atoms with E-state index < -0.39 is 0 Å². The van der Waals surface area contributed by atoms with Gasteiger partial charge < -0.3 is 10.5 Å². The van der Waals surface area contributed by atoms with E-state index in [0.717, 1.165) is 38.0 Å². The van der Waals surface area contributed by atoms with Crippen LogP contribution in [0.2, 0.25) is 0 Å². The number of hydrogen-bond acceptors (Lipinski definition) is 2. The van der Waals surface area contributed by atoms with Crippen molar-refractivity contribution in [3.8, 4) is 5.75 Å². The summed E-state index contributed by atoms with van der Waals surface area (Å²) in [5, 5.41) is 0. The third-order valence-electron chi connectivity index (χ3n) is 2.94. The Balaban J connectivity index is 2.12. The Bertz CT molecular complexity index is 335. The zero-order chi connectivity index (χ0) is 10.7. The molecule has 1 unspecified atom stereocenters. The largest absolute Gasteiger partial charge is 0.490 e. The molecule has 0 saturated carbocycles. The van der Waals surface area contributed by atoms with Crippen molar-refractivity contribution in [1.82, 2.24) is 0 Å². The van der Waals surface area contributed by atoms with Crippen LogP contribution in [-0.4, -0.2) is 12.6 Å². The van der Waals surface area contributed by atoms with Crippen molar-refractivity contribution in [3.05, 3.63) is 29.3 Å². The second kappa shape index (κ2) is 4.67. The van der Waals surface area contributed by atoms with Gasteiger partial charge in [0.2, 0.25) is 0 Å². The first-order valence-electron chi connectivity index (χ1n) is 5.78. The molecule has 0 fully saturated rings. The minimum atomic E-state index is 0.368. The lowest BCUT2D eigenvalue weighted by molar-refractivity contribution is 0.192. The first-order chi connectivity index (χ1) is 7.29. The summed E-state index contributed by atoms with van der Waals surface area (Å²) in [4.78, 5) is 0. The smallest absolute Gasteiger partial charge is 0.122 e. The number of fused-ring (bicyclic) bond motifs is 1. The zero-order valence-electron chi connectivity index (χ0n) is 9.33. The Hall–Kier alpha value is -1.02. The first-order valence-corrected chi connectivity index (χ1v) is 5.78. The summed E-state index contributed by atoms with van der Waals surface area (Å²) >= 11 is 0. The van der Waals surface area contributed by atoms with Crippen molar-refractivity contribution in [2.45, 2.75) is 38.7 Å². The predicted molar refractivity (Wildman–Crippen MR) is 62.2 cm³/mol. The molecule has 0 amide bonds. The fraction of sp³-hybridized carbons (Fsp3) is 0.538. The minimum Gasteiger partial charge on any atom is -0.490 e. The van der Waals surface area contributed by atoms with Gasteiger partial charge in [-0.25, -0.2) is 0 Å². The molecule has 1 aromatic rings. The van der Waals surface area contributed by atoms with E-state index in [-0.39, 0.29) is 0 Å². The van der Waals surface area contributed by atoms with Crippen molar-refractivity contribution in [1.29, 1.82) is 0 Å². The molecule has 82 valence electrons. The van der Waals surface area contributed by atoms with Gasteiger partial charge in [-0.05, 0) is 56.3 Å². The number of nitrogens with two attached hydrogens (primary N) is 1. The minimum absolute atomic E-state index is 0.368. The van der Waals surface area contributed by atoms with Crippen molar-refractivity contribution < 1.29 is 4.74 Å². The van der Waals surface area contributed by atoms with Crippen LogP contribution in [0.3, 0.4) is 0 Å². The molecule has 0 radical (unpaired) electrons. The lowest BCUT2D eigenvalue weighted by atomic mass is 9.99. The molecule has 1 aliphatic rings. The average molecular weight is 205 g/mol. The molecule has 2 heteroatoms. The van der Waals surface area contributed by atoms with Crippen molar-refractivity contribution in [2.75, 3.05) is 6.54 Å². The van der Waals surface area contributed by atoms with Crippen LogP contribution < -0.4 is 10.5 Å². The molecule has 1 aromatic carbocycles. The van der Waals surface area contributed by atoms with Gasteiger partial charge in [0.05, 0.1) is 6.10 Å². The quantitative estimate of drug-likeness (QED) is 0.821. The van der Waals surface area contributed by atoms with Gasteiger partial charge in [-0.1, -0.05) is 12.1 Å². The van der Waals surface area contributed by atoms with Crippen LogP contribution in [0.4, 0.5) is 0 Å². The normalized spacial score (nSPS) is 19.5. The lowest BCUT2D eigenvalue weighted by Gasteiger charge is -2.23. The third-order valence-corrected chi connectivity index (χ3v) is 2.94. The molecule has 0 bridgehead atoms. The van der Waals surface area contributed by atoms with Crippen LogP contribution in [0.25, 0.3) is 0 Å². The summed E-state index contributed by atoms with van der Waals surface area (Å²) in [6, 6.07) is 6.54. The Morgan fingerprint density at radius 1 is 1.47 bits per heavy atom. The highest BCUT2D eigenvalue weighted by Crippen LogP contribution is 2.28. The number of hydrogen-bond donors (Lipinski definition) is 1. The summed E-state index contributed by atoms with van der Waals surface area (Å²) in [6.45, 7) is 2.90. The highest BCUT2D eigenvalue weighted by Gasteiger charge is 2.15. The van der Waals surface area contributed by atoms with Crippen molar-refractivity contribution in [2.24, 2.45) is 5.73 Å². The summed E-state index contributed by atoms with van der Waals surface area (Å²) < 4.78 is 5.77. The van der Waals surface area contributed by atoms with Gasteiger partial charge in [0.1, 0.15) is 5.75 Å². The summed E-state index contributed by atoms with van der Waals surface area (Å²) in [5.74, 6) is 1.07. The topological polar surface area (TPSA) is 35.2 Å². The Kier molecular flexibility index (Phi) is 3.27. The highest BCUT2D eigenvalue weighted by atomic mass is 16.5. The van der Waals surface area contributed by atoms with Crippen LogP contribution in [0.1, 0.15) is 30.9 Å². The van der Waals surface area contributed by atoms with Gasteiger partial charge in [0.15, 0.2) is 0 Å². The predicted octanol–water partition coefficient (Wildman–Crippen LogP) is 2.29. The molecular formula is C13H19NO. The molecule has 2 nitrogen and oxygen atoms in total. The van der Waals surface area contributed by atoms with Gasteiger partial charge in [0, 0.05) is 0 Å². The summed E-state index contributed by atoms with van der Waals surface area (Å²) in [5.41, 5.74) is 8.26. The van der Waals surface area contributed by atoms with E-state index in [2.05, 4.69) is 25.1 Å². The van der Waals surface area contributed by atoms with Gasteiger partial charge >= 0.3 is 0 Å². The Morgan fingerprint density at radius 2 is 2.33 bits per heavy atom. The lowest BCUT2D eigenvalue weighted by Crippen LogP contribution is -2.18. The fourth-order valence-corrected chi connectivity index (χ4v) is 2.04. The van der Waals surface area contributed by atoms with Gasteiger partial charge in [0.25, 0.3) is 0 Å². The zero-order valence-corrected chi connectivity index (χ0v) is 9.33. The number of aryl methyl sites for hydroxylation is 2. The molecule has 1 aliphatic heterocycles. The van der Waals surface area contributed by atoms with E-state index in [0.29, 0.717) is 6.10 Å². The standard InChI is InChI=1S/C13H19NO/c1-10-4-6-12-9-11(3-2-8-14)5-7-13(12)15-10/h5,7,9-10H,2-4,6,8,14H2,1H3. The van der Waals surface area contributed by atoms with Crippen molar-refractivity contribution in [3.63, 3.8) is 0 Å². The highest BCUT2D eigenvalue weighted by molar-refractivity contribution is 5.38. The molecule has 2 N–H and O–H groups in total. The van der Waals surface area contributed by atoms with Gasteiger partial charge in [-0.15, -0.1) is 0 Å². The first kappa shape index (κ1) is 10.5. The van der Waals surface area contributed by atoms with Crippen LogP contribution in [0.15, 0.2) is 18.2 Å². The average Bonchev–Trinajstić information content (AvgIpc) is 2.26. The summed E-state index contributed by atoms with van der Waals surface area (Å²) in [6.07, 6.45) is 4.79. The number of ether oxygens (including phenoxy) is 1. The fourth-order valence-electron chi connectivity index (χ4n) is 2.04. The van der Waals surface area contributed by atoms with Gasteiger partial charge in [-0.3, -0.25) is 0 Å². The molecule has 2 rings (SSSR count). The molecule has 15 heavy (non-hydrogen) atoms. The maximum absolute atomic E-state index is 5.77. The second-order valence-corrected chi connectivity index (χ2v) is 4.30. The summed E-state index contributed by atoms with van der Waals surface area (Å²) in [7, 11) is 0. The maximum atomic E-state index is 5.77. The number of benzene rings is 1. The van der Waals surface area contributed by atoms with Crippen LogP contribution in [0, 0.1) is 0 Å². The molecular weight excluding hydrogens is 186 g/mol. The monoisotopic (exact) mass is 205 g/mol. The third kappa shape index (κ3) is 2.51. The maximum Gasteiger partial charge on any atom is 0.122 e. The van der Waals surface area contributed by atoms with Gasteiger partial charge in [-0.2, -0.15) is 0 Å². The van der Waals surface area contributed by atoms with E-state index >= 15 is 0 Å². The molecule has 0 spiro atoms. The molecule has 0 aromatic heterocycles. The second-order valence-electron chi connectivity index (χ2n) is 4.30. The molecule has 1 heterocycles. The van der Waals surface area contributed by atoms with E-state index in [1.165, 1.54) is 11.1 Å². The van der Waals surface area contributed by atoms with Crippen LogP contribution in [0.5, 0.6) is 5.75 Å². The van der Waals surface area contributed by atoms with Crippen LogP contribution >= 0.6 is 0 Å². The van der Waals surface area contributed by atoms with E-state index in [9.17, 15) is 0 Å². The van der Waals surface area contributed by atoms with E-state index in [1.807, 2.05) is 0 Å². The Labute approximate surface area is 91.4 Å². The van der Waals surface area contributed by atoms with E-state index in [1.54, 1.807) is 0 Å². The van der Waals surface area contributed by atoms with Crippen LogP contribution in [-0.2, 0) is 12.8 Å². The number of rotatable bonds is 3. The Morgan fingerprint density at radius 3 is 3.13 bits per heavy atom. The molecule has 0 aliphatic carbocycles. The van der Waals surface area contributed by atoms with E-state index in [4.69, 9.17) is 10.5 Å². The SMILES string of the molecule is CC1CCc2cc(CCCN)ccc2O1. The molecule has 1 atom stereocenters.